The number of amides is 1. The minimum atomic E-state index is -0.567. The number of nitrogens with two attached hydrogens (primary N) is 1. The van der Waals surface area contributed by atoms with Crippen molar-refractivity contribution in [2.45, 2.75) is 20.3 Å². The van der Waals surface area contributed by atoms with E-state index in [1.165, 1.54) is 23.5 Å². The van der Waals surface area contributed by atoms with Crippen LogP contribution in [-0.4, -0.2) is 10.9 Å². The first-order valence-electron chi connectivity index (χ1n) is 7.78. The van der Waals surface area contributed by atoms with Gasteiger partial charge in [0.15, 0.2) is 5.01 Å². The zero-order chi connectivity index (χ0) is 18.2. The van der Waals surface area contributed by atoms with Gasteiger partial charge in [-0.25, -0.2) is 9.37 Å². The second-order valence-electron chi connectivity index (χ2n) is 5.02. The van der Waals surface area contributed by atoms with E-state index in [0.717, 1.165) is 16.9 Å². The third-order valence-electron chi connectivity index (χ3n) is 3.20. The molecule has 4 nitrogen and oxygen atoms in total. The average molecular weight is 358 g/mol. The minimum absolute atomic E-state index is 0.236. The van der Waals surface area contributed by atoms with E-state index in [-0.39, 0.29) is 10.8 Å². The molecule has 0 saturated carbocycles. The van der Waals surface area contributed by atoms with Crippen molar-refractivity contribution < 1.29 is 13.9 Å². The van der Waals surface area contributed by atoms with Gasteiger partial charge in [0.2, 0.25) is 0 Å². The second-order valence-corrected chi connectivity index (χ2v) is 6.05. The van der Waals surface area contributed by atoms with E-state index >= 15 is 0 Å². The first-order valence-corrected chi connectivity index (χ1v) is 8.59. The Hall–Kier alpha value is -2.73. The number of primary amides is 1. The Morgan fingerprint density at radius 3 is 2.64 bits per heavy atom. The van der Waals surface area contributed by atoms with E-state index in [0.29, 0.717) is 11.5 Å². The van der Waals surface area contributed by atoms with Crippen molar-refractivity contribution in [2.75, 3.05) is 0 Å². The number of halogens is 1. The number of allylic oxidation sites excluding steroid dienone is 5. The summed E-state index contributed by atoms with van der Waals surface area (Å²) in [7, 11) is 0. The van der Waals surface area contributed by atoms with E-state index in [4.69, 9.17) is 10.5 Å². The fourth-order valence-corrected chi connectivity index (χ4v) is 2.87. The van der Waals surface area contributed by atoms with Crippen molar-refractivity contribution in [1.82, 2.24) is 4.98 Å². The van der Waals surface area contributed by atoms with Crippen molar-refractivity contribution in [2.24, 2.45) is 5.73 Å². The predicted molar refractivity (Wildman–Crippen MR) is 98.8 cm³/mol. The Balaban J connectivity index is 2.37. The SMILES string of the molecule is C\C=C(/C(=C\C=C\CC)Oc1ccc(F)cc1)c1cnc(C(N)=O)s1. The molecule has 0 saturated heterocycles. The number of carbonyl (C=O) groups is 1. The summed E-state index contributed by atoms with van der Waals surface area (Å²) in [6.07, 6.45) is 10.0. The monoisotopic (exact) mass is 358 g/mol. The number of aromatic nitrogens is 1. The minimum Gasteiger partial charge on any atom is -0.457 e. The van der Waals surface area contributed by atoms with Gasteiger partial charge in [-0.05, 0) is 43.7 Å². The lowest BCUT2D eigenvalue weighted by atomic mass is 10.1. The van der Waals surface area contributed by atoms with Crippen molar-refractivity contribution >= 4 is 22.8 Å². The summed E-state index contributed by atoms with van der Waals surface area (Å²) in [5.41, 5.74) is 6.05. The first kappa shape index (κ1) is 18.6. The van der Waals surface area contributed by atoms with Crippen molar-refractivity contribution in [3.63, 3.8) is 0 Å². The Labute approximate surface area is 150 Å². The number of benzene rings is 1. The van der Waals surface area contributed by atoms with Crippen LogP contribution in [-0.2, 0) is 0 Å². The molecular formula is C19H19FN2O2S. The Morgan fingerprint density at radius 2 is 2.08 bits per heavy atom. The van der Waals surface area contributed by atoms with E-state index in [9.17, 15) is 9.18 Å². The van der Waals surface area contributed by atoms with Crippen LogP contribution in [0.5, 0.6) is 5.75 Å². The maximum atomic E-state index is 13.1. The normalized spacial score (nSPS) is 12.6. The third kappa shape index (κ3) is 5.12. The van der Waals surface area contributed by atoms with Crippen LogP contribution in [0.4, 0.5) is 4.39 Å². The Morgan fingerprint density at radius 1 is 1.36 bits per heavy atom. The molecule has 0 unspecified atom stereocenters. The van der Waals surface area contributed by atoms with Gasteiger partial charge in [-0.1, -0.05) is 25.2 Å². The number of ether oxygens (including phenoxy) is 1. The first-order chi connectivity index (χ1) is 12.0. The van der Waals surface area contributed by atoms with Gasteiger partial charge in [0, 0.05) is 11.8 Å². The van der Waals surface area contributed by atoms with Crippen LogP contribution < -0.4 is 10.5 Å². The summed E-state index contributed by atoms with van der Waals surface area (Å²) < 4.78 is 19.0. The van der Waals surface area contributed by atoms with Crippen molar-refractivity contribution in [3.8, 4) is 5.75 Å². The number of hydrogen-bond donors (Lipinski definition) is 1. The molecule has 0 aliphatic carbocycles. The third-order valence-corrected chi connectivity index (χ3v) is 4.24. The summed E-state index contributed by atoms with van der Waals surface area (Å²) >= 11 is 1.20. The molecule has 0 aliphatic rings. The highest BCUT2D eigenvalue weighted by atomic mass is 32.1. The summed E-state index contributed by atoms with van der Waals surface area (Å²) in [6, 6.07) is 5.78. The van der Waals surface area contributed by atoms with Crippen LogP contribution in [0, 0.1) is 5.82 Å². The van der Waals surface area contributed by atoms with Gasteiger partial charge in [-0.15, -0.1) is 11.3 Å². The molecule has 1 amide bonds. The zero-order valence-corrected chi connectivity index (χ0v) is 14.8. The standard InChI is InChI=1S/C19H19FN2O2S/c1-3-5-6-7-16(24-14-10-8-13(20)9-11-14)15(4-2)17-12-22-19(25-17)18(21)23/h4-12H,3H2,1-2H3,(H2,21,23)/b6-5+,15-4+,16-7+. The Bertz CT molecular complexity index is 820. The number of nitrogens with zero attached hydrogens (tertiary/aromatic N) is 1. The van der Waals surface area contributed by atoms with Gasteiger partial charge in [0.05, 0.1) is 4.88 Å². The molecule has 0 fully saturated rings. The molecule has 1 heterocycles. The molecule has 0 atom stereocenters. The molecule has 2 rings (SSSR count). The van der Waals surface area contributed by atoms with Gasteiger partial charge in [-0.3, -0.25) is 4.79 Å². The van der Waals surface area contributed by atoms with Crippen molar-refractivity contribution in [3.05, 3.63) is 76.2 Å². The molecule has 2 N–H and O–H groups in total. The van der Waals surface area contributed by atoms with Crippen LogP contribution in [0.15, 0.2) is 60.5 Å². The number of carbonyl (C=O) groups excluding carboxylic acids is 1. The molecule has 1 aromatic carbocycles. The molecule has 25 heavy (non-hydrogen) atoms. The van der Waals surface area contributed by atoms with Gasteiger partial charge in [0.25, 0.3) is 5.91 Å². The molecule has 0 spiro atoms. The van der Waals surface area contributed by atoms with Crippen LogP contribution in [0.1, 0.15) is 34.9 Å². The van der Waals surface area contributed by atoms with Gasteiger partial charge >= 0.3 is 0 Å². The lowest BCUT2D eigenvalue weighted by molar-refractivity contribution is 0.1000. The summed E-state index contributed by atoms with van der Waals surface area (Å²) in [6.45, 7) is 3.90. The molecule has 2 aromatic rings. The van der Waals surface area contributed by atoms with Crippen LogP contribution in [0.3, 0.4) is 0 Å². The quantitative estimate of drug-likeness (QED) is 0.576. The number of thiazole rings is 1. The lowest BCUT2D eigenvalue weighted by Crippen LogP contribution is -2.09. The smallest absolute Gasteiger partial charge is 0.277 e. The Kier molecular flexibility index (Phi) is 6.65. The van der Waals surface area contributed by atoms with Gasteiger partial charge in [-0.2, -0.15) is 0 Å². The van der Waals surface area contributed by atoms with Gasteiger partial charge in [0.1, 0.15) is 17.3 Å². The highest BCUT2D eigenvalue weighted by molar-refractivity contribution is 7.14. The summed E-state index contributed by atoms with van der Waals surface area (Å²) in [5.74, 6) is 0.182. The molecule has 0 bridgehead atoms. The van der Waals surface area contributed by atoms with E-state index in [1.54, 1.807) is 18.3 Å². The summed E-state index contributed by atoms with van der Waals surface area (Å²) in [4.78, 5) is 16.1. The van der Waals surface area contributed by atoms with E-state index < -0.39 is 5.91 Å². The molecule has 0 aliphatic heterocycles. The molecule has 0 radical (unpaired) electrons. The maximum absolute atomic E-state index is 13.1. The fourth-order valence-electron chi connectivity index (χ4n) is 2.02. The molecule has 130 valence electrons. The lowest BCUT2D eigenvalue weighted by Gasteiger charge is -2.12. The number of rotatable bonds is 7. The highest BCUT2D eigenvalue weighted by Crippen LogP contribution is 2.30. The largest absolute Gasteiger partial charge is 0.457 e. The van der Waals surface area contributed by atoms with E-state index in [1.807, 2.05) is 38.2 Å². The van der Waals surface area contributed by atoms with Crippen LogP contribution in [0.25, 0.3) is 5.57 Å². The van der Waals surface area contributed by atoms with Crippen LogP contribution >= 0.6 is 11.3 Å². The summed E-state index contributed by atoms with van der Waals surface area (Å²) in [5, 5.41) is 0.236. The predicted octanol–water partition coefficient (Wildman–Crippen LogP) is 4.71. The van der Waals surface area contributed by atoms with Gasteiger partial charge < -0.3 is 10.5 Å². The molecule has 1 aromatic heterocycles. The molecular weight excluding hydrogens is 339 g/mol. The highest BCUT2D eigenvalue weighted by Gasteiger charge is 2.15. The average Bonchev–Trinajstić information content (AvgIpc) is 3.07. The van der Waals surface area contributed by atoms with E-state index in [2.05, 4.69) is 4.98 Å². The van der Waals surface area contributed by atoms with Crippen LogP contribution in [0.2, 0.25) is 0 Å². The second kappa shape index (κ2) is 8.94. The zero-order valence-electron chi connectivity index (χ0n) is 14.0. The fraction of sp³-hybridized carbons (Fsp3) is 0.158. The topological polar surface area (TPSA) is 65.2 Å². The number of hydrogen-bond acceptors (Lipinski definition) is 4. The molecule has 6 heteroatoms. The van der Waals surface area contributed by atoms with Crippen molar-refractivity contribution in [1.29, 1.82) is 0 Å². The maximum Gasteiger partial charge on any atom is 0.277 e.